The minimum Gasteiger partial charge on any atom is -0.370 e. The van der Waals surface area contributed by atoms with E-state index in [1.807, 2.05) is 6.07 Å². The molecule has 0 fully saturated rings. The Morgan fingerprint density at radius 3 is 1.40 bits per heavy atom. The Morgan fingerprint density at radius 1 is 0.397 bits per heavy atom. The third-order valence-electron chi connectivity index (χ3n) is 10.7. The first-order valence-corrected chi connectivity index (χ1v) is 20.1. The Balaban J connectivity index is 1.18. The predicted molar refractivity (Wildman–Crippen MR) is 246 cm³/mol. The molecule has 3 nitrogen and oxygen atoms in total. The van der Waals surface area contributed by atoms with Gasteiger partial charge in [0.1, 0.15) is 10.9 Å². The highest BCUT2D eigenvalue weighted by molar-refractivity contribution is 6.24. The number of alkyl halides is 1. The van der Waals surface area contributed by atoms with Crippen LogP contribution in [0.5, 0.6) is 0 Å². The molecule has 1 N–H and O–H groups in total. The number of nitrogens with zero attached hydrogens (tertiary/aromatic N) is 2. The SMILES string of the molecule is ClC1C(N(c2ccccc2)c2cccc(N(c3ccccc3)c3ccccc3)c2)=CC=CC1(Nc1cccc(-c2ccccc2)c1)c1cccc(-c2ccccc2)c1. The van der Waals surface area contributed by atoms with Gasteiger partial charge in [0.2, 0.25) is 0 Å². The van der Waals surface area contributed by atoms with E-state index in [0.29, 0.717) is 0 Å². The molecule has 0 aliphatic heterocycles. The molecule has 0 saturated carbocycles. The predicted octanol–water partition coefficient (Wildman–Crippen LogP) is 14.7. The molecule has 0 spiro atoms. The van der Waals surface area contributed by atoms with Gasteiger partial charge in [0, 0.05) is 39.8 Å². The second kappa shape index (κ2) is 16.6. The maximum absolute atomic E-state index is 8.10. The van der Waals surface area contributed by atoms with E-state index in [0.717, 1.165) is 67.6 Å². The van der Waals surface area contributed by atoms with Gasteiger partial charge in [-0.05, 0) is 107 Å². The van der Waals surface area contributed by atoms with E-state index < -0.39 is 10.9 Å². The number of anilines is 6. The van der Waals surface area contributed by atoms with Gasteiger partial charge in [-0.2, -0.15) is 0 Å². The standard InChI is InChI=1S/C54H42ClN3/c55-53-52(58(49-32-14-5-15-33-49)51-35-18-34-50(40-51)57(47-28-10-3-11-29-47)48-30-12-4-13-31-48)36-19-37-54(53,45-26-16-24-43(38-45)41-20-6-1-7-21-41)56-46-27-17-25-44(39-46)42-22-8-2-9-23-42/h1-40,53,56H. The molecular formula is C54H42ClN3. The van der Waals surface area contributed by atoms with Crippen molar-refractivity contribution >= 4 is 45.7 Å². The molecule has 58 heavy (non-hydrogen) atoms. The van der Waals surface area contributed by atoms with Gasteiger partial charge in [-0.15, -0.1) is 11.6 Å². The Labute approximate surface area is 346 Å². The van der Waals surface area contributed by atoms with Crippen molar-refractivity contribution in [1.29, 1.82) is 0 Å². The molecule has 1 aliphatic carbocycles. The lowest BCUT2D eigenvalue weighted by atomic mass is 9.80. The van der Waals surface area contributed by atoms with E-state index in [-0.39, 0.29) is 0 Å². The van der Waals surface area contributed by atoms with Gasteiger partial charge < -0.3 is 15.1 Å². The van der Waals surface area contributed by atoms with Crippen LogP contribution < -0.4 is 15.1 Å². The van der Waals surface area contributed by atoms with Gasteiger partial charge in [-0.25, -0.2) is 0 Å². The average Bonchev–Trinajstić information content (AvgIpc) is 3.30. The summed E-state index contributed by atoms with van der Waals surface area (Å²) in [5.74, 6) is 0. The van der Waals surface area contributed by atoms with Crippen LogP contribution in [0.15, 0.2) is 248 Å². The molecule has 0 heterocycles. The van der Waals surface area contributed by atoms with Crippen LogP contribution in [0.4, 0.5) is 34.1 Å². The van der Waals surface area contributed by atoms with E-state index in [4.69, 9.17) is 11.6 Å². The van der Waals surface area contributed by atoms with Crippen molar-refractivity contribution in [1.82, 2.24) is 0 Å². The van der Waals surface area contributed by atoms with Gasteiger partial charge in [0.15, 0.2) is 0 Å². The fourth-order valence-corrected chi connectivity index (χ4v) is 8.36. The summed E-state index contributed by atoms with van der Waals surface area (Å²) in [6.45, 7) is 0. The molecule has 280 valence electrons. The van der Waals surface area contributed by atoms with Crippen molar-refractivity contribution in [2.75, 3.05) is 15.1 Å². The minimum absolute atomic E-state index is 0.563. The number of benzene rings is 8. The monoisotopic (exact) mass is 767 g/mol. The van der Waals surface area contributed by atoms with Crippen LogP contribution in [0.1, 0.15) is 5.56 Å². The molecule has 8 aromatic carbocycles. The van der Waals surface area contributed by atoms with E-state index >= 15 is 0 Å². The second-order valence-electron chi connectivity index (χ2n) is 14.4. The zero-order chi connectivity index (χ0) is 39.2. The first-order valence-electron chi connectivity index (χ1n) is 19.6. The molecule has 4 heteroatoms. The van der Waals surface area contributed by atoms with Crippen molar-refractivity contribution in [3.63, 3.8) is 0 Å². The molecule has 8 aromatic rings. The van der Waals surface area contributed by atoms with Crippen LogP contribution in [0.2, 0.25) is 0 Å². The molecule has 2 atom stereocenters. The Bertz CT molecular complexity index is 2620. The Morgan fingerprint density at radius 2 is 0.828 bits per heavy atom. The first-order chi connectivity index (χ1) is 28.7. The van der Waals surface area contributed by atoms with Gasteiger partial charge in [0.25, 0.3) is 0 Å². The lowest BCUT2D eigenvalue weighted by molar-refractivity contribution is 0.600. The molecule has 9 rings (SSSR count). The van der Waals surface area contributed by atoms with Crippen LogP contribution in [-0.2, 0) is 5.54 Å². The van der Waals surface area contributed by atoms with Gasteiger partial charge in [-0.3, -0.25) is 0 Å². The molecule has 0 amide bonds. The van der Waals surface area contributed by atoms with Crippen LogP contribution in [0, 0.1) is 0 Å². The molecule has 1 aliphatic rings. The third-order valence-corrected chi connectivity index (χ3v) is 11.3. The summed E-state index contributed by atoms with van der Waals surface area (Å²) in [5.41, 5.74) is 11.9. The molecular weight excluding hydrogens is 726 g/mol. The number of nitrogens with one attached hydrogen (secondary N) is 1. The Kier molecular flexibility index (Phi) is 10.4. The topological polar surface area (TPSA) is 18.5 Å². The van der Waals surface area contributed by atoms with Gasteiger partial charge in [-0.1, -0.05) is 164 Å². The van der Waals surface area contributed by atoms with Crippen LogP contribution in [0.25, 0.3) is 22.3 Å². The van der Waals surface area contributed by atoms with Crippen molar-refractivity contribution in [2.24, 2.45) is 0 Å². The number of rotatable bonds is 11. The first kappa shape index (κ1) is 36.6. The molecule has 0 saturated heterocycles. The lowest BCUT2D eigenvalue weighted by Crippen LogP contribution is -2.47. The normalized spacial score (nSPS) is 15.9. The highest BCUT2D eigenvalue weighted by Gasteiger charge is 2.43. The van der Waals surface area contributed by atoms with Crippen LogP contribution in [-0.4, -0.2) is 5.38 Å². The fraction of sp³-hybridized carbons (Fsp3) is 0.0370. The number of allylic oxidation sites excluding steroid dienone is 2. The van der Waals surface area contributed by atoms with E-state index in [9.17, 15) is 0 Å². The van der Waals surface area contributed by atoms with E-state index in [1.54, 1.807) is 0 Å². The second-order valence-corrected chi connectivity index (χ2v) is 14.8. The maximum atomic E-state index is 8.10. The number of hydrogen-bond acceptors (Lipinski definition) is 3. The lowest BCUT2D eigenvalue weighted by Gasteiger charge is -2.44. The smallest absolute Gasteiger partial charge is 0.105 e. The van der Waals surface area contributed by atoms with E-state index in [1.165, 1.54) is 0 Å². The van der Waals surface area contributed by atoms with Crippen molar-refractivity contribution in [3.05, 3.63) is 254 Å². The zero-order valence-electron chi connectivity index (χ0n) is 31.9. The average molecular weight is 768 g/mol. The summed E-state index contributed by atoms with van der Waals surface area (Å²) in [6, 6.07) is 78.7. The summed E-state index contributed by atoms with van der Waals surface area (Å²) in [4.78, 5) is 4.59. The number of halogens is 1. The zero-order valence-corrected chi connectivity index (χ0v) is 32.7. The quantitative estimate of drug-likeness (QED) is 0.132. The Hall–Kier alpha value is -7.07. The summed E-state index contributed by atoms with van der Waals surface area (Å²) in [7, 11) is 0. The number of para-hydroxylation sites is 3. The van der Waals surface area contributed by atoms with Crippen LogP contribution >= 0.6 is 11.6 Å². The summed E-state index contributed by atoms with van der Waals surface area (Å²) >= 11 is 8.10. The summed E-state index contributed by atoms with van der Waals surface area (Å²) < 4.78 is 0. The van der Waals surface area contributed by atoms with Crippen molar-refractivity contribution in [2.45, 2.75) is 10.9 Å². The maximum Gasteiger partial charge on any atom is 0.105 e. The number of hydrogen-bond donors (Lipinski definition) is 1. The van der Waals surface area contributed by atoms with Crippen LogP contribution in [0.3, 0.4) is 0 Å². The molecule has 0 aromatic heterocycles. The molecule has 2 unspecified atom stereocenters. The molecule has 0 radical (unpaired) electrons. The highest BCUT2D eigenvalue weighted by atomic mass is 35.5. The van der Waals surface area contributed by atoms with Gasteiger partial charge >= 0.3 is 0 Å². The van der Waals surface area contributed by atoms with Crippen molar-refractivity contribution in [3.8, 4) is 22.3 Å². The highest BCUT2D eigenvalue weighted by Crippen LogP contribution is 2.47. The summed E-state index contributed by atoms with van der Waals surface area (Å²) in [6.07, 6.45) is 6.53. The van der Waals surface area contributed by atoms with Crippen molar-refractivity contribution < 1.29 is 0 Å². The largest absolute Gasteiger partial charge is 0.370 e. The summed E-state index contributed by atoms with van der Waals surface area (Å²) in [5, 5.41) is 3.45. The minimum atomic E-state index is -0.851. The third kappa shape index (κ3) is 7.44. The molecule has 0 bridgehead atoms. The van der Waals surface area contributed by atoms with Gasteiger partial charge in [0.05, 0.1) is 0 Å². The van der Waals surface area contributed by atoms with E-state index in [2.05, 4.69) is 252 Å². The fourth-order valence-electron chi connectivity index (χ4n) is 7.94.